The summed E-state index contributed by atoms with van der Waals surface area (Å²) in [6.07, 6.45) is 0.282. The molecule has 0 saturated heterocycles. The van der Waals surface area contributed by atoms with Gasteiger partial charge < -0.3 is 15.1 Å². The van der Waals surface area contributed by atoms with Crippen LogP contribution >= 0.6 is 15.9 Å². The third-order valence-electron chi connectivity index (χ3n) is 3.80. The lowest BCUT2D eigenvalue weighted by Crippen LogP contribution is -2.25. The van der Waals surface area contributed by atoms with Crippen molar-refractivity contribution in [2.75, 3.05) is 11.9 Å². The maximum Gasteiger partial charge on any atom is 0.291 e. The lowest BCUT2D eigenvalue weighted by Gasteiger charge is -2.08. The molecule has 3 aromatic rings. The number of benzene rings is 2. The fraction of sp³-hybridized carbons (Fsp3) is 0.100. The molecule has 1 aromatic heterocycles. The first-order valence-electron chi connectivity index (χ1n) is 8.30. The highest BCUT2D eigenvalue weighted by Gasteiger charge is 2.12. The Labute approximate surface area is 167 Å². The van der Waals surface area contributed by atoms with E-state index in [1.54, 1.807) is 24.3 Å². The van der Waals surface area contributed by atoms with E-state index in [9.17, 15) is 18.4 Å². The topological polar surface area (TPSA) is 71.3 Å². The zero-order valence-corrected chi connectivity index (χ0v) is 16.1. The fourth-order valence-electron chi connectivity index (χ4n) is 2.54. The standard InChI is InChI=1S/C20H15BrF2N2O3/c21-18-5-4-17(28-18)20(27)25-16-3-1-2-13(10-16)19(26)24-7-6-12-8-14(22)11-15(23)9-12/h1-5,8-11H,6-7H2,(H,24,26)(H,25,27). The van der Waals surface area contributed by atoms with Crippen LogP contribution in [-0.4, -0.2) is 18.4 Å². The summed E-state index contributed by atoms with van der Waals surface area (Å²) in [5.74, 6) is -2.00. The molecule has 3 rings (SSSR count). The molecule has 0 aliphatic heterocycles. The van der Waals surface area contributed by atoms with Gasteiger partial charge in [0, 0.05) is 23.9 Å². The number of anilines is 1. The minimum Gasteiger partial charge on any atom is -0.444 e. The third kappa shape index (κ3) is 5.26. The Morgan fingerprint density at radius 1 is 0.964 bits per heavy atom. The van der Waals surface area contributed by atoms with Crippen LogP contribution in [0, 0.1) is 11.6 Å². The number of furan rings is 1. The van der Waals surface area contributed by atoms with Crippen LogP contribution in [0.1, 0.15) is 26.5 Å². The van der Waals surface area contributed by atoms with Crippen molar-refractivity contribution in [2.24, 2.45) is 0 Å². The van der Waals surface area contributed by atoms with Gasteiger partial charge in [0.1, 0.15) is 11.6 Å². The quantitative estimate of drug-likeness (QED) is 0.581. The van der Waals surface area contributed by atoms with Crippen LogP contribution in [0.4, 0.5) is 14.5 Å². The van der Waals surface area contributed by atoms with E-state index in [4.69, 9.17) is 4.42 Å². The van der Waals surface area contributed by atoms with Crippen molar-refractivity contribution in [2.45, 2.75) is 6.42 Å². The molecule has 8 heteroatoms. The second-order valence-electron chi connectivity index (χ2n) is 5.92. The summed E-state index contributed by atoms with van der Waals surface area (Å²) in [6, 6.07) is 12.7. The van der Waals surface area contributed by atoms with Gasteiger partial charge in [-0.2, -0.15) is 0 Å². The fourth-order valence-corrected chi connectivity index (χ4v) is 2.85. The van der Waals surface area contributed by atoms with Crippen molar-refractivity contribution in [3.05, 3.63) is 87.8 Å². The van der Waals surface area contributed by atoms with Crippen LogP contribution in [0.3, 0.4) is 0 Å². The Balaban J connectivity index is 1.58. The number of hydrogen-bond donors (Lipinski definition) is 2. The minimum atomic E-state index is -0.659. The summed E-state index contributed by atoms with van der Waals surface area (Å²) in [5.41, 5.74) is 1.21. The molecule has 0 radical (unpaired) electrons. The van der Waals surface area contributed by atoms with E-state index < -0.39 is 17.5 Å². The third-order valence-corrected chi connectivity index (χ3v) is 4.23. The number of carbonyl (C=O) groups excluding carboxylic acids is 2. The number of amides is 2. The molecule has 0 atom stereocenters. The highest BCUT2D eigenvalue weighted by atomic mass is 79.9. The molecule has 1 heterocycles. The highest BCUT2D eigenvalue weighted by Crippen LogP contribution is 2.17. The normalized spacial score (nSPS) is 10.5. The molecule has 5 nitrogen and oxygen atoms in total. The molecule has 0 spiro atoms. The maximum atomic E-state index is 13.2. The average Bonchev–Trinajstić information content (AvgIpc) is 3.07. The predicted molar refractivity (Wildman–Crippen MR) is 103 cm³/mol. The summed E-state index contributed by atoms with van der Waals surface area (Å²) < 4.78 is 32.0. The first-order chi connectivity index (χ1) is 13.4. The first kappa shape index (κ1) is 19.8. The number of hydrogen-bond acceptors (Lipinski definition) is 3. The SMILES string of the molecule is O=C(NCCc1cc(F)cc(F)c1)c1cccc(NC(=O)c2ccc(Br)o2)c1. The van der Waals surface area contributed by atoms with E-state index in [2.05, 4.69) is 26.6 Å². The van der Waals surface area contributed by atoms with E-state index in [1.807, 2.05) is 0 Å². The van der Waals surface area contributed by atoms with Gasteiger partial charge in [-0.15, -0.1) is 0 Å². The van der Waals surface area contributed by atoms with Crippen LogP contribution in [0.5, 0.6) is 0 Å². The van der Waals surface area contributed by atoms with Crippen LogP contribution in [-0.2, 0) is 6.42 Å². The van der Waals surface area contributed by atoms with E-state index in [-0.39, 0.29) is 24.6 Å². The Bertz CT molecular complexity index is 1000. The largest absolute Gasteiger partial charge is 0.444 e. The Hall–Kier alpha value is -3.00. The van der Waals surface area contributed by atoms with Gasteiger partial charge in [0.2, 0.25) is 0 Å². The number of carbonyl (C=O) groups is 2. The zero-order valence-electron chi connectivity index (χ0n) is 14.5. The van der Waals surface area contributed by atoms with Crippen molar-refractivity contribution in [1.29, 1.82) is 0 Å². The first-order valence-corrected chi connectivity index (χ1v) is 9.10. The average molecular weight is 449 g/mol. The molecule has 0 fully saturated rings. The summed E-state index contributed by atoms with van der Waals surface area (Å²) >= 11 is 3.12. The van der Waals surface area contributed by atoms with E-state index in [0.29, 0.717) is 21.5 Å². The lowest BCUT2D eigenvalue weighted by atomic mass is 10.1. The molecule has 0 aliphatic carbocycles. The molecule has 2 N–H and O–H groups in total. The molecule has 0 bridgehead atoms. The molecule has 2 amide bonds. The van der Waals surface area contributed by atoms with E-state index >= 15 is 0 Å². The van der Waals surface area contributed by atoms with Crippen molar-refractivity contribution >= 4 is 33.4 Å². The van der Waals surface area contributed by atoms with Gasteiger partial charge in [-0.05, 0) is 70.4 Å². The summed E-state index contributed by atoms with van der Waals surface area (Å²) in [4.78, 5) is 24.4. The summed E-state index contributed by atoms with van der Waals surface area (Å²) in [6.45, 7) is 0.207. The van der Waals surface area contributed by atoms with Crippen molar-refractivity contribution in [3.63, 3.8) is 0 Å². The van der Waals surface area contributed by atoms with Crippen LogP contribution in [0.15, 0.2) is 63.7 Å². The number of rotatable bonds is 6. The lowest BCUT2D eigenvalue weighted by molar-refractivity contribution is 0.0952. The van der Waals surface area contributed by atoms with Crippen molar-refractivity contribution < 1.29 is 22.8 Å². The molecule has 0 saturated carbocycles. The molecular formula is C20H15BrF2N2O3. The Morgan fingerprint density at radius 2 is 1.71 bits per heavy atom. The number of halogens is 3. The number of nitrogens with one attached hydrogen (secondary N) is 2. The molecule has 144 valence electrons. The van der Waals surface area contributed by atoms with Crippen molar-refractivity contribution in [3.8, 4) is 0 Å². The van der Waals surface area contributed by atoms with Gasteiger partial charge in [-0.1, -0.05) is 6.07 Å². The Kier molecular flexibility index (Phi) is 6.20. The van der Waals surface area contributed by atoms with Crippen molar-refractivity contribution in [1.82, 2.24) is 5.32 Å². The monoisotopic (exact) mass is 448 g/mol. The van der Waals surface area contributed by atoms with Crippen LogP contribution in [0.2, 0.25) is 0 Å². The second kappa shape index (κ2) is 8.79. The predicted octanol–water partition coefficient (Wildman–Crippen LogP) is 4.55. The highest BCUT2D eigenvalue weighted by molar-refractivity contribution is 9.10. The zero-order chi connectivity index (χ0) is 20.1. The smallest absolute Gasteiger partial charge is 0.291 e. The summed E-state index contributed by atoms with van der Waals surface area (Å²) in [7, 11) is 0. The van der Waals surface area contributed by atoms with Gasteiger partial charge >= 0.3 is 0 Å². The van der Waals surface area contributed by atoms with E-state index in [0.717, 1.165) is 6.07 Å². The van der Waals surface area contributed by atoms with Gasteiger partial charge in [-0.3, -0.25) is 9.59 Å². The Morgan fingerprint density at radius 3 is 2.39 bits per heavy atom. The molecule has 0 unspecified atom stereocenters. The van der Waals surface area contributed by atoms with E-state index in [1.165, 1.54) is 24.3 Å². The van der Waals surface area contributed by atoms with Gasteiger partial charge in [0.15, 0.2) is 10.4 Å². The van der Waals surface area contributed by atoms with Gasteiger partial charge in [-0.25, -0.2) is 8.78 Å². The van der Waals surface area contributed by atoms with Crippen LogP contribution in [0.25, 0.3) is 0 Å². The molecular weight excluding hydrogens is 434 g/mol. The summed E-state index contributed by atoms with van der Waals surface area (Å²) in [5, 5.41) is 5.33. The van der Waals surface area contributed by atoms with Gasteiger partial charge in [0.05, 0.1) is 0 Å². The second-order valence-corrected chi connectivity index (χ2v) is 6.70. The van der Waals surface area contributed by atoms with Gasteiger partial charge in [0.25, 0.3) is 11.8 Å². The maximum absolute atomic E-state index is 13.2. The molecule has 2 aromatic carbocycles. The minimum absolute atomic E-state index is 0.129. The molecule has 28 heavy (non-hydrogen) atoms. The molecule has 0 aliphatic rings. The van der Waals surface area contributed by atoms with Crippen LogP contribution < -0.4 is 10.6 Å².